The van der Waals surface area contributed by atoms with Gasteiger partial charge < -0.3 is 0 Å². The molecule has 4 nitrogen and oxygen atoms in total. The largest absolute Gasteiger partial charge is 0.279 e. The summed E-state index contributed by atoms with van der Waals surface area (Å²) in [7, 11) is -3.61. The molecular weight excluding hydrogens is 284 g/mol. The number of nitrogens with one attached hydrogen (secondary N) is 1. The molecule has 0 spiro atoms. The lowest BCUT2D eigenvalue weighted by atomic mass is 10.1. The monoisotopic (exact) mass is 298 g/mol. The summed E-state index contributed by atoms with van der Waals surface area (Å²) in [5.41, 5.74) is 1.24. The molecule has 2 aromatic carbocycles. The molecule has 0 aliphatic rings. The minimum absolute atomic E-state index is 0.283. The van der Waals surface area contributed by atoms with Crippen LogP contribution in [0.5, 0.6) is 0 Å². The van der Waals surface area contributed by atoms with Crippen molar-refractivity contribution in [2.45, 2.75) is 11.8 Å². The molecule has 1 aromatic heterocycles. The van der Waals surface area contributed by atoms with Gasteiger partial charge in [0.1, 0.15) is 0 Å². The maximum absolute atomic E-state index is 12.5. The third-order valence-corrected chi connectivity index (χ3v) is 4.84. The first-order valence-electron chi connectivity index (χ1n) is 6.49. The Morgan fingerprint density at radius 3 is 2.62 bits per heavy atom. The van der Waals surface area contributed by atoms with Crippen LogP contribution < -0.4 is 4.72 Å². The molecule has 0 amide bonds. The Kier molecular flexibility index (Phi) is 3.35. The fraction of sp³-hybridized carbons (Fsp3) is 0.0625. The van der Waals surface area contributed by atoms with Crippen molar-refractivity contribution in [2.75, 3.05) is 4.72 Å². The lowest BCUT2D eigenvalue weighted by Gasteiger charge is -2.12. The molecule has 1 N–H and O–H groups in total. The van der Waals surface area contributed by atoms with Gasteiger partial charge in [0.2, 0.25) is 0 Å². The molecule has 0 fully saturated rings. The first kappa shape index (κ1) is 13.6. The quantitative estimate of drug-likeness (QED) is 0.806. The van der Waals surface area contributed by atoms with Crippen LogP contribution >= 0.6 is 0 Å². The highest BCUT2D eigenvalue weighted by Gasteiger charge is 2.17. The number of hydrogen-bond donors (Lipinski definition) is 1. The third kappa shape index (κ3) is 2.60. The molecule has 0 saturated heterocycles. The van der Waals surface area contributed by atoms with Crippen molar-refractivity contribution in [3.8, 4) is 0 Å². The van der Waals surface area contributed by atoms with Gasteiger partial charge in [-0.1, -0.05) is 30.3 Å². The van der Waals surface area contributed by atoms with E-state index < -0.39 is 10.0 Å². The molecule has 21 heavy (non-hydrogen) atoms. The number of aryl methyl sites for hydroxylation is 1. The summed E-state index contributed by atoms with van der Waals surface area (Å²) < 4.78 is 27.7. The van der Waals surface area contributed by atoms with Gasteiger partial charge in [-0.3, -0.25) is 9.71 Å². The summed E-state index contributed by atoms with van der Waals surface area (Å²) >= 11 is 0. The Balaban J connectivity index is 2.08. The van der Waals surface area contributed by atoms with Gasteiger partial charge in [0.05, 0.1) is 10.6 Å². The zero-order valence-corrected chi connectivity index (χ0v) is 12.3. The molecule has 0 saturated carbocycles. The van der Waals surface area contributed by atoms with Crippen LogP contribution in [0.15, 0.2) is 65.8 Å². The lowest BCUT2D eigenvalue weighted by Crippen LogP contribution is -2.14. The second-order valence-electron chi connectivity index (χ2n) is 4.77. The number of hydrogen-bond acceptors (Lipinski definition) is 3. The second-order valence-corrected chi connectivity index (χ2v) is 6.42. The second kappa shape index (κ2) is 5.18. The number of nitrogens with zero attached hydrogens (tertiary/aromatic N) is 1. The number of anilines is 1. The van der Waals surface area contributed by atoms with Crippen molar-refractivity contribution in [2.24, 2.45) is 0 Å². The van der Waals surface area contributed by atoms with Crippen LogP contribution in [-0.4, -0.2) is 13.4 Å². The van der Waals surface area contributed by atoms with Crippen molar-refractivity contribution < 1.29 is 8.42 Å². The zero-order chi connectivity index (χ0) is 14.9. The molecule has 0 atom stereocenters. The molecule has 3 aromatic rings. The smallest absolute Gasteiger partial charge is 0.262 e. The van der Waals surface area contributed by atoms with Crippen LogP contribution in [-0.2, 0) is 10.0 Å². The van der Waals surface area contributed by atoms with E-state index in [-0.39, 0.29) is 4.90 Å². The Bertz CT molecular complexity index is 900. The summed E-state index contributed by atoms with van der Waals surface area (Å²) in [6, 6.07) is 14.2. The number of sulfonamides is 1. The minimum Gasteiger partial charge on any atom is -0.279 e. The molecule has 0 unspecified atom stereocenters. The summed E-state index contributed by atoms with van der Waals surface area (Å²) in [6.07, 6.45) is 3.34. The number of pyridine rings is 1. The third-order valence-electron chi connectivity index (χ3n) is 3.31. The molecule has 3 rings (SSSR count). The first-order valence-corrected chi connectivity index (χ1v) is 7.97. The van der Waals surface area contributed by atoms with Gasteiger partial charge in [-0.15, -0.1) is 0 Å². The highest BCUT2D eigenvalue weighted by molar-refractivity contribution is 7.92. The van der Waals surface area contributed by atoms with Gasteiger partial charge in [0.15, 0.2) is 0 Å². The van der Waals surface area contributed by atoms with Crippen molar-refractivity contribution >= 4 is 26.5 Å². The summed E-state index contributed by atoms with van der Waals surface area (Å²) in [6.45, 7) is 1.78. The minimum atomic E-state index is -3.61. The molecule has 0 bridgehead atoms. The molecular formula is C16H14N2O2S. The number of benzene rings is 2. The number of aromatic nitrogens is 1. The fourth-order valence-corrected chi connectivity index (χ4v) is 3.59. The van der Waals surface area contributed by atoms with Crippen molar-refractivity contribution in [3.63, 3.8) is 0 Å². The zero-order valence-electron chi connectivity index (χ0n) is 11.4. The Morgan fingerprint density at radius 1 is 1.00 bits per heavy atom. The van der Waals surface area contributed by atoms with E-state index in [4.69, 9.17) is 0 Å². The van der Waals surface area contributed by atoms with E-state index in [9.17, 15) is 8.42 Å². The number of fused-ring (bicyclic) bond motifs is 1. The molecule has 5 heteroatoms. The molecule has 0 aliphatic heterocycles. The van der Waals surface area contributed by atoms with Crippen molar-refractivity contribution in [1.29, 1.82) is 0 Å². The Morgan fingerprint density at radius 2 is 1.81 bits per heavy atom. The van der Waals surface area contributed by atoms with Crippen LogP contribution in [0, 0.1) is 6.92 Å². The Hall–Kier alpha value is -2.40. The van der Waals surface area contributed by atoms with E-state index in [0.717, 1.165) is 10.8 Å². The lowest BCUT2D eigenvalue weighted by molar-refractivity contribution is 0.600. The van der Waals surface area contributed by atoms with E-state index in [1.165, 1.54) is 0 Å². The maximum atomic E-state index is 12.5. The topological polar surface area (TPSA) is 59.1 Å². The van der Waals surface area contributed by atoms with Gasteiger partial charge in [-0.05, 0) is 36.1 Å². The molecule has 0 radical (unpaired) electrons. The fourth-order valence-electron chi connectivity index (χ4n) is 2.26. The van der Waals surface area contributed by atoms with Gasteiger partial charge in [-0.25, -0.2) is 8.42 Å². The van der Waals surface area contributed by atoms with Gasteiger partial charge in [0, 0.05) is 17.8 Å². The SMILES string of the molecule is Cc1ccccc1S(=O)(=O)Nc1cccc2ccncc12. The summed E-state index contributed by atoms with van der Waals surface area (Å²) in [5.74, 6) is 0. The van der Waals surface area contributed by atoms with Gasteiger partial charge >= 0.3 is 0 Å². The predicted octanol–water partition coefficient (Wildman–Crippen LogP) is 3.34. The number of rotatable bonds is 3. The highest BCUT2D eigenvalue weighted by Crippen LogP contribution is 2.25. The standard InChI is InChI=1S/C16H14N2O2S/c1-12-5-2-3-8-16(12)21(19,20)18-15-7-4-6-13-9-10-17-11-14(13)15/h2-11,18H,1H3. The highest BCUT2D eigenvalue weighted by atomic mass is 32.2. The van der Waals surface area contributed by atoms with E-state index >= 15 is 0 Å². The van der Waals surface area contributed by atoms with E-state index in [0.29, 0.717) is 11.3 Å². The van der Waals surface area contributed by atoms with E-state index in [2.05, 4.69) is 9.71 Å². The van der Waals surface area contributed by atoms with Crippen LogP contribution in [0.3, 0.4) is 0 Å². The van der Waals surface area contributed by atoms with Crippen LogP contribution in [0.2, 0.25) is 0 Å². The van der Waals surface area contributed by atoms with Gasteiger partial charge in [0.25, 0.3) is 10.0 Å². The van der Waals surface area contributed by atoms with E-state index in [1.807, 2.05) is 24.3 Å². The molecule has 1 heterocycles. The molecule has 0 aliphatic carbocycles. The van der Waals surface area contributed by atoms with Crippen molar-refractivity contribution in [1.82, 2.24) is 4.98 Å². The van der Waals surface area contributed by atoms with Crippen LogP contribution in [0.1, 0.15) is 5.56 Å². The normalized spacial score (nSPS) is 11.5. The summed E-state index contributed by atoms with van der Waals surface area (Å²) in [4.78, 5) is 4.34. The van der Waals surface area contributed by atoms with Crippen molar-refractivity contribution in [3.05, 3.63) is 66.5 Å². The van der Waals surface area contributed by atoms with E-state index in [1.54, 1.807) is 43.6 Å². The van der Waals surface area contributed by atoms with Gasteiger partial charge in [-0.2, -0.15) is 0 Å². The maximum Gasteiger partial charge on any atom is 0.262 e. The predicted molar refractivity (Wildman–Crippen MR) is 83.7 cm³/mol. The van der Waals surface area contributed by atoms with Crippen LogP contribution in [0.25, 0.3) is 10.8 Å². The first-order chi connectivity index (χ1) is 10.1. The average Bonchev–Trinajstić information content (AvgIpc) is 2.47. The molecule has 106 valence electrons. The van der Waals surface area contributed by atoms with Crippen LogP contribution in [0.4, 0.5) is 5.69 Å². The summed E-state index contributed by atoms with van der Waals surface area (Å²) in [5, 5.41) is 1.71. The average molecular weight is 298 g/mol. The Labute approximate surface area is 123 Å².